The normalized spacial score (nSPS) is 19.1. The van der Waals surface area contributed by atoms with E-state index < -0.39 is 11.1 Å². The van der Waals surface area contributed by atoms with Crippen LogP contribution in [0.3, 0.4) is 0 Å². The Morgan fingerprint density at radius 1 is 1.00 bits per heavy atom. The second-order valence-electron chi connectivity index (χ2n) is 4.24. The van der Waals surface area contributed by atoms with Gasteiger partial charge in [-0.2, -0.15) is 13.8 Å². The van der Waals surface area contributed by atoms with E-state index in [1.807, 2.05) is 67.7 Å². The lowest BCUT2D eigenvalue weighted by molar-refractivity contribution is 0.614. The first-order chi connectivity index (χ1) is 8.58. The number of aliphatic imine (C=N–C) groups is 1. The van der Waals surface area contributed by atoms with E-state index in [1.165, 1.54) is 0 Å². The first-order valence-electron chi connectivity index (χ1n) is 5.62. The number of hydrogen-bond donors (Lipinski definition) is 0. The third kappa shape index (κ3) is 2.83. The van der Waals surface area contributed by atoms with Crippen molar-refractivity contribution in [3.63, 3.8) is 0 Å². The van der Waals surface area contributed by atoms with Gasteiger partial charge in [-0.3, -0.25) is 0 Å². The van der Waals surface area contributed by atoms with E-state index in [9.17, 15) is 0 Å². The Morgan fingerprint density at radius 2 is 1.67 bits per heavy atom. The zero-order valence-corrected chi connectivity index (χ0v) is 11.8. The maximum Gasteiger partial charge on any atom is 0.235 e. The van der Waals surface area contributed by atoms with Crippen LogP contribution >= 0.6 is 0 Å². The van der Waals surface area contributed by atoms with Crippen LogP contribution in [0.15, 0.2) is 44.1 Å². The first kappa shape index (κ1) is 12.9. The molecule has 0 saturated carbocycles. The monoisotopic (exact) mass is 263 g/mol. The second kappa shape index (κ2) is 5.41. The molecule has 0 amide bonds. The molecular formula is C12H17N5S. The van der Waals surface area contributed by atoms with Gasteiger partial charge in [-0.25, -0.2) is 4.31 Å². The fourth-order valence-corrected chi connectivity index (χ4v) is 2.37. The van der Waals surface area contributed by atoms with E-state index in [-0.39, 0.29) is 0 Å². The van der Waals surface area contributed by atoms with E-state index in [0.29, 0.717) is 5.96 Å². The molecule has 2 rings (SSSR count). The van der Waals surface area contributed by atoms with Crippen LogP contribution in [0.1, 0.15) is 5.56 Å². The van der Waals surface area contributed by atoms with Crippen LogP contribution in [0.25, 0.3) is 0 Å². The zero-order valence-electron chi connectivity index (χ0n) is 11.0. The number of amidine groups is 1. The first-order valence-corrected chi connectivity index (χ1v) is 6.71. The number of hydrogen-bond acceptors (Lipinski definition) is 5. The molecule has 96 valence electrons. The molecule has 0 fully saturated rings. The summed E-state index contributed by atoms with van der Waals surface area (Å²) >= 11 is -0.504. The molecule has 1 aliphatic heterocycles. The summed E-state index contributed by atoms with van der Waals surface area (Å²) in [5.41, 5.74) is 1.02. The fourth-order valence-electron chi connectivity index (χ4n) is 1.36. The second-order valence-corrected chi connectivity index (χ2v) is 5.82. The average molecular weight is 263 g/mol. The lowest BCUT2D eigenvalue weighted by Gasteiger charge is -2.19. The molecule has 1 heterocycles. The van der Waals surface area contributed by atoms with Crippen LogP contribution in [0.2, 0.25) is 0 Å². The Labute approximate surface area is 110 Å². The summed E-state index contributed by atoms with van der Waals surface area (Å²) in [4.78, 5) is 6.39. The summed E-state index contributed by atoms with van der Waals surface area (Å²) in [6.07, 6.45) is 0. The fraction of sp³-hybridized carbons (Fsp3) is 0.333. The van der Waals surface area contributed by atoms with Gasteiger partial charge in [-0.05, 0) is 14.1 Å². The van der Waals surface area contributed by atoms with Crippen LogP contribution in [-0.2, 0) is 11.1 Å². The van der Waals surface area contributed by atoms with Crippen molar-refractivity contribution in [3.05, 3.63) is 35.9 Å². The average Bonchev–Trinajstić information content (AvgIpc) is 2.39. The van der Waals surface area contributed by atoms with E-state index in [2.05, 4.69) is 13.8 Å². The lowest BCUT2D eigenvalue weighted by Crippen LogP contribution is -2.27. The van der Waals surface area contributed by atoms with Gasteiger partial charge >= 0.3 is 0 Å². The molecule has 0 aliphatic carbocycles. The van der Waals surface area contributed by atoms with Gasteiger partial charge in [0.05, 0.1) is 0 Å². The van der Waals surface area contributed by atoms with Crippen LogP contribution < -0.4 is 0 Å². The number of benzene rings is 1. The number of guanidine groups is 1. The van der Waals surface area contributed by atoms with Crippen molar-refractivity contribution in [3.8, 4) is 0 Å². The maximum atomic E-state index is 4.57. The highest BCUT2D eigenvalue weighted by Crippen LogP contribution is 2.11. The molecule has 0 spiro atoms. The Hall–Kier alpha value is -1.53. The molecule has 0 radical (unpaired) electrons. The van der Waals surface area contributed by atoms with Gasteiger partial charge < -0.3 is 4.90 Å². The maximum absolute atomic E-state index is 4.57. The van der Waals surface area contributed by atoms with E-state index in [4.69, 9.17) is 0 Å². The van der Waals surface area contributed by atoms with Crippen molar-refractivity contribution in [2.75, 3.05) is 28.2 Å². The Bertz CT molecular complexity index is 508. The standard InChI is InChI=1S/C12H17N5S/c1-16(2)12-13-11(10-8-6-5-7-9-10)14-18(15-12)17(3)4/h5-9H,1-4H3/t18-/m1/s1. The molecule has 0 unspecified atom stereocenters. The minimum Gasteiger partial charge on any atom is -0.346 e. The summed E-state index contributed by atoms with van der Waals surface area (Å²) in [6, 6.07) is 9.99. The molecule has 1 atom stereocenters. The van der Waals surface area contributed by atoms with Crippen LogP contribution in [0, 0.1) is 0 Å². The molecule has 0 bridgehead atoms. The molecule has 0 aromatic heterocycles. The minimum atomic E-state index is -0.504. The smallest absolute Gasteiger partial charge is 0.235 e. The lowest BCUT2D eigenvalue weighted by atomic mass is 10.2. The van der Waals surface area contributed by atoms with E-state index >= 15 is 0 Å². The van der Waals surface area contributed by atoms with Gasteiger partial charge in [0.25, 0.3) is 0 Å². The summed E-state index contributed by atoms with van der Waals surface area (Å²) in [5, 5.41) is 0. The minimum absolute atomic E-state index is 0.504. The summed E-state index contributed by atoms with van der Waals surface area (Å²) in [5.74, 6) is 1.45. The van der Waals surface area contributed by atoms with Gasteiger partial charge in [-0.1, -0.05) is 30.3 Å². The third-order valence-electron chi connectivity index (χ3n) is 2.30. The van der Waals surface area contributed by atoms with E-state index in [1.54, 1.807) is 0 Å². The molecule has 1 aromatic carbocycles. The van der Waals surface area contributed by atoms with Gasteiger partial charge in [0, 0.05) is 19.7 Å². The SMILES string of the molecule is CN(C)C1=NC(c2ccccc2)=N[S@@](N(C)C)=N1. The molecule has 1 aliphatic rings. The largest absolute Gasteiger partial charge is 0.346 e. The Kier molecular flexibility index (Phi) is 3.88. The Morgan fingerprint density at radius 3 is 2.22 bits per heavy atom. The highest BCUT2D eigenvalue weighted by atomic mass is 32.2. The number of rotatable bonds is 2. The predicted octanol–water partition coefficient (Wildman–Crippen LogP) is 1.56. The highest BCUT2D eigenvalue weighted by molar-refractivity contribution is 7.84. The van der Waals surface area contributed by atoms with Crippen LogP contribution in [0.5, 0.6) is 0 Å². The van der Waals surface area contributed by atoms with Gasteiger partial charge in [0.15, 0.2) is 5.84 Å². The van der Waals surface area contributed by atoms with Crippen LogP contribution in [-0.4, -0.2) is 49.2 Å². The van der Waals surface area contributed by atoms with Gasteiger partial charge in [-0.15, -0.1) is 0 Å². The zero-order chi connectivity index (χ0) is 13.1. The molecule has 0 saturated heterocycles. The third-order valence-corrected chi connectivity index (χ3v) is 3.61. The topological polar surface area (TPSA) is 43.6 Å². The summed E-state index contributed by atoms with van der Waals surface area (Å²) < 4.78 is 11.1. The van der Waals surface area contributed by atoms with Crippen molar-refractivity contribution in [1.82, 2.24) is 9.21 Å². The van der Waals surface area contributed by atoms with Crippen molar-refractivity contribution < 1.29 is 0 Å². The van der Waals surface area contributed by atoms with Crippen molar-refractivity contribution in [2.45, 2.75) is 0 Å². The molecular weight excluding hydrogens is 246 g/mol. The molecule has 6 heteroatoms. The highest BCUT2D eigenvalue weighted by Gasteiger charge is 2.14. The molecule has 18 heavy (non-hydrogen) atoms. The Balaban J connectivity index is 2.45. The van der Waals surface area contributed by atoms with Gasteiger partial charge in [0.2, 0.25) is 5.96 Å². The number of nitrogens with zero attached hydrogens (tertiary/aromatic N) is 5. The van der Waals surface area contributed by atoms with Gasteiger partial charge in [0.1, 0.15) is 11.1 Å². The summed E-state index contributed by atoms with van der Waals surface area (Å²) in [7, 11) is 7.82. The van der Waals surface area contributed by atoms with Crippen molar-refractivity contribution in [2.24, 2.45) is 13.8 Å². The quantitative estimate of drug-likeness (QED) is 0.812. The van der Waals surface area contributed by atoms with Crippen LogP contribution in [0.4, 0.5) is 0 Å². The molecule has 1 aromatic rings. The summed E-state index contributed by atoms with van der Waals surface area (Å²) in [6.45, 7) is 0. The predicted molar refractivity (Wildman–Crippen MR) is 77.6 cm³/mol. The molecule has 0 N–H and O–H groups in total. The van der Waals surface area contributed by atoms with Crippen molar-refractivity contribution in [1.29, 1.82) is 0 Å². The van der Waals surface area contributed by atoms with Crippen molar-refractivity contribution >= 4 is 22.9 Å². The molecule has 5 nitrogen and oxygen atoms in total. The van der Waals surface area contributed by atoms with E-state index in [0.717, 1.165) is 11.4 Å².